The predicted octanol–water partition coefficient (Wildman–Crippen LogP) is 2.47. The Labute approximate surface area is 143 Å². The number of thiophene rings is 1. The largest absolute Gasteiger partial charge is 0.389 e. The van der Waals surface area contributed by atoms with Crippen molar-refractivity contribution >= 4 is 49.6 Å². The second-order valence-electron chi connectivity index (χ2n) is 6.14. The Morgan fingerprint density at radius 1 is 1.50 bits per heavy atom. The number of alkyl halides is 2. The lowest BCUT2D eigenvalue weighted by molar-refractivity contribution is 0.389. The van der Waals surface area contributed by atoms with Gasteiger partial charge >= 0.3 is 0 Å². The molecule has 2 N–H and O–H groups in total. The van der Waals surface area contributed by atoms with Crippen molar-refractivity contribution in [3.63, 3.8) is 0 Å². The summed E-state index contributed by atoms with van der Waals surface area (Å²) in [6.07, 6.45) is 0.987. The lowest BCUT2D eigenvalue weighted by Crippen LogP contribution is -2.39. The molecule has 1 aliphatic heterocycles. The fourth-order valence-electron chi connectivity index (χ4n) is 2.86. The molecule has 5 nitrogen and oxygen atoms in total. The van der Waals surface area contributed by atoms with E-state index in [1.54, 1.807) is 6.92 Å². The molecular formula is C13H15Cl2N3O2S2. The first-order valence-electron chi connectivity index (χ1n) is 6.75. The van der Waals surface area contributed by atoms with Crippen LogP contribution in [0.3, 0.4) is 0 Å². The average molecular weight is 380 g/mol. The Bertz CT molecular complexity index is 782. The molecule has 22 heavy (non-hydrogen) atoms. The van der Waals surface area contributed by atoms with Crippen LogP contribution in [0.15, 0.2) is 0 Å². The molecule has 1 atom stereocenters. The maximum atomic E-state index is 12.6. The molecule has 3 rings (SSSR count). The Hall–Kier alpha value is -0.520. The lowest BCUT2D eigenvalue weighted by atomic mass is 10.1. The summed E-state index contributed by atoms with van der Waals surface area (Å²) in [6.45, 7) is 2.41. The standard InChI is InChI=1S/C13H15Cl2N3O2S2/c1-12(6-13(12,14)15)7-22(19,20)18-3-2-8-9(4-16)11(17)21-10(8)5-18/h2-3,5-7,17H2,1H3. The molecule has 1 aromatic rings. The van der Waals surface area contributed by atoms with E-state index in [2.05, 4.69) is 6.07 Å². The van der Waals surface area contributed by atoms with Gasteiger partial charge in [-0.05, 0) is 18.4 Å². The van der Waals surface area contributed by atoms with Gasteiger partial charge < -0.3 is 5.73 Å². The van der Waals surface area contributed by atoms with Gasteiger partial charge in [0, 0.05) is 23.4 Å². The number of nitriles is 1. The molecule has 9 heteroatoms. The monoisotopic (exact) mass is 379 g/mol. The molecular weight excluding hydrogens is 365 g/mol. The van der Waals surface area contributed by atoms with Crippen molar-refractivity contribution in [2.75, 3.05) is 18.0 Å². The zero-order valence-corrected chi connectivity index (χ0v) is 15.0. The molecule has 1 aromatic heterocycles. The van der Waals surface area contributed by atoms with E-state index in [1.165, 1.54) is 15.6 Å². The number of hydrogen-bond donors (Lipinski definition) is 1. The van der Waals surface area contributed by atoms with E-state index < -0.39 is 19.8 Å². The van der Waals surface area contributed by atoms with Crippen LogP contribution in [-0.2, 0) is 23.0 Å². The number of hydrogen-bond acceptors (Lipinski definition) is 5. The third-order valence-corrected chi connectivity index (χ3v) is 8.75. The third kappa shape index (κ3) is 2.51. The number of nitrogens with zero attached hydrogens (tertiary/aromatic N) is 2. The summed E-state index contributed by atoms with van der Waals surface area (Å²) in [4.78, 5) is 0.854. The topological polar surface area (TPSA) is 87.2 Å². The molecule has 0 saturated heterocycles. The molecule has 1 unspecified atom stereocenters. The highest BCUT2D eigenvalue weighted by Crippen LogP contribution is 2.64. The summed E-state index contributed by atoms with van der Waals surface area (Å²) in [5, 5.41) is 9.58. The number of anilines is 1. The van der Waals surface area contributed by atoms with E-state index in [0.29, 0.717) is 30.0 Å². The molecule has 2 heterocycles. The van der Waals surface area contributed by atoms with Crippen molar-refractivity contribution in [2.45, 2.75) is 30.6 Å². The number of sulfonamides is 1. The van der Waals surface area contributed by atoms with E-state index in [4.69, 9.17) is 34.2 Å². The summed E-state index contributed by atoms with van der Waals surface area (Å²) >= 11 is 13.4. The maximum absolute atomic E-state index is 12.6. The normalized spacial score (nSPS) is 27.2. The van der Waals surface area contributed by atoms with Crippen molar-refractivity contribution in [1.29, 1.82) is 5.26 Å². The van der Waals surface area contributed by atoms with Crippen LogP contribution in [0.25, 0.3) is 0 Å². The summed E-state index contributed by atoms with van der Waals surface area (Å²) < 4.78 is 25.7. The van der Waals surface area contributed by atoms with Crippen LogP contribution in [0.4, 0.5) is 5.00 Å². The molecule has 0 aromatic carbocycles. The highest BCUT2D eigenvalue weighted by atomic mass is 35.5. The Kier molecular flexibility index (Phi) is 3.70. The van der Waals surface area contributed by atoms with Gasteiger partial charge in [0.15, 0.2) is 0 Å². The lowest BCUT2D eigenvalue weighted by Gasteiger charge is -2.27. The minimum absolute atomic E-state index is 0.0612. The fourth-order valence-corrected chi connectivity index (χ4v) is 6.94. The SMILES string of the molecule is CC1(CS(=O)(=O)N2CCc3c(sc(N)c3C#N)C2)CC1(Cl)Cl. The minimum atomic E-state index is -3.46. The van der Waals surface area contributed by atoms with E-state index in [9.17, 15) is 8.42 Å². The number of fused-ring (bicyclic) bond motifs is 1. The predicted molar refractivity (Wildman–Crippen MR) is 88.5 cm³/mol. The van der Waals surface area contributed by atoms with Crippen molar-refractivity contribution < 1.29 is 8.42 Å². The zero-order valence-electron chi connectivity index (χ0n) is 11.9. The third-order valence-electron chi connectivity index (χ3n) is 4.43. The smallest absolute Gasteiger partial charge is 0.215 e. The number of rotatable bonds is 3. The van der Waals surface area contributed by atoms with Gasteiger partial charge in [0.2, 0.25) is 10.0 Å². The Morgan fingerprint density at radius 3 is 2.68 bits per heavy atom. The molecule has 1 aliphatic carbocycles. The van der Waals surface area contributed by atoms with Crippen molar-refractivity contribution in [2.24, 2.45) is 5.41 Å². The molecule has 1 fully saturated rings. The van der Waals surface area contributed by atoms with Crippen LogP contribution >= 0.6 is 34.5 Å². The summed E-state index contributed by atoms with van der Waals surface area (Å²) in [5.41, 5.74) is 6.61. The van der Waals surface area contributed by atoms with E-state index in [1.807, 2.05) is 0 Å². The van der Waals surface area contributed by atoms with Gasteiger partial charge in [-0.1, -0.05) is 6.92 Å². The van der Waals surface area contributed by atoms with Gasteiger partial charge in [-0.15, -0.1) is 34.5 Å². The van der Waals surface area contributed by atoms with Crippen LogP contribution in [-0.4, -0.2) is 29.4 Å². The maximum Gasteiger partial charge on any atom is 0.215 e. The van der Waals surface area contributed by atoms with Crippen LogP contribution in [0, 0.1) is 16.7 Å². The van der Waals surface area contributed by atoms with E-state index in [0.717, 1.165) is 10.4 Å². The summed E-state index contributed by atoms with van der Waals surface area (Å²) in [5.74, 6) is -0.0612. The quantitative estimate of drug-likeness (QED) is 0.816. The molecule has 1 saturated carbocycles. The number of nitrogen functional groups attached to an aromatic ring is 1. The zero-order chi connectivity index (χ0) is 16.3. The second-order valence-corrected chi connectivity index (χ2v) is 10.7. The van der Waals surface area contributed by atoms with Crippen molar-refractivity contribution in [3.05, 3.63) is 16.0 Å². The van der Waals surface area contributed by atoms with Crippen LogP contribution in [0.1, 0.15) is 29.3 Å². The molecule has 0 radical (unpaired) electrons. The molecule has 2 aliphatic rings. The second kappa shape index (κ2) is 4.99. The molecule has 0 spiro atoms. The first-order valence-corrected chi connectivity index (χ1v) is 9.93. The van der Waals surface area contributed by atoms with Crippen LogP contribution < -0.4 is 5.73 Å². The van der Waals surface area contributed by atoms with Gasteiger partial charge in [0.05, 0.1) is 11.3 Å². The first kappa shape index (κ1) is 16.3. The molecule has 120 valence electrons. The minimum Gasteiger partial charge on any atom is -0.389 e. The van der Waals surface area contributed by atoms with Gasteiger partial charge in [0.25, 0.3) is 0 Å². The fraction of sp³-hybridized carbons (Fsp3) is 0.615. The average Bonchev–Trinajstić information content (AvgIpc) is 2.75. The van der Waals surface area contributed by atoms with Crippen molar-refractivity contribution in [1.82, 2.24) is 4.31 Å². The summed E-state index contributed by atoms with van der Waals surface area (Å²) in [6, 6.07) is 2.10. The molecule has 0 bridgehead atoms. The number of halogens is 2. The molecule has 0 amide bonds. The van der Waals surface area contributed by atoms with Gasteiger partial charge in [-0.3, -0.25) is 0 Å². The highest BCUT2D eigenvalue weighted by molar-refractivity contribution is 7.89. The first-order chi connectivity index (χ1) is 10.1. The van der Waals surface area contributed by atoms with Gasteiger partial charge in [0.1, 0.15) is 15.4 Å². The van der Waals surface area contributed by atoms with E-state index >= 15 is 0 Å². The highest BCUT2D eigenvalue weighted by Gasteiger charge is 2.64. The van der Waals surface area contributed by atoms with E-state index in [-0.39, 0.29) is 12.3 Å². The van der Waals surface area contributed by atoms with Crippen molar-refractivity contribution in [3.8, 4) is 6.07 Å². The van der Waals surface area contributed by atoms with Crippen LogP contribution in [0.5, 0.6) is 0 Å². The number of nitrogens with two attached hydrogens (primary N) is 1. The Balaban J connectivity index is 1.82. The van der Waals surface area contributed by atoms with Gasteiger partial charge in [-0.25, -0.2) is 8.42 Å². The van der Waals surface area contributed by atoms with Gasteiger partial charge in [-0.2, -0.15) is 9.57 Å². The Morgan fingerprint density at radius 2 is 2.14 bits per heavy atom. The van der Waals surface area contributed by atoms with Crippen LogP contribution in [0.2, 0.25) is 0 Å². The summed E-state index contributed by atoms with van der Waals surface area (Å²) in [7, 11) is -3.46.